The molecule has 0 saturated carbocycles. The second-order valence-electron chi connectivity index (χ2n) is 6.64. The SMILES string of the molecule is CCCCn1c(Cn2ccnc2C)nc2cc(NC(=O)CCC)ccc21. The minimum atomic E-state index is 0.0477. The molecule has 2 heterocycles. The van der Waals surface area contributed by atoms with E-state index in [1.165, 1.54) is 0 Å². The van der Waals surface area contributed by atoms with E-state index in [2.05, 4.69) is 32.4 Å². The number of hydrogen-bond donors (Lipinski definition) is 1. The number of aryl methyl sites for hydroxylation is 2. The molecule has 0 fully saturated rings. The maximum Gasteiger partial charge on any atom is 0.224 e. The van der Waals surface area contributed by atoms with E-state index >= 15 is 0 Å². The van der Waals surface area contributed by atoms with Crippen molar-refractivity contribution in [1.82, 2.24) is 19.1 Å². The molecule has 3 aromatic rings. The van der Waals surface area contributed by atoms with Crippen LogP contribution >= 0.6 is 0 Å². The molecule has 0 aliphatic carbocycles. The highest BCUT2D eigenvalue weighted by atomic mass is 16.1. The lowest BCUT2D eigenvalue weighted by Gasteiger charge is -2.10. The fourth-order valence-electron chi connectivity index (χ4n) is 3.12. The molecule has 0 aliphatic rings. The number of aromatic nitrogens is 4. The maximum atomic E-state index is 11.9. The number of nitrogens with zero attached hydrogens (tertiary/aromatic N) is 4. The zero-order chi connectivity index (χ0) is 18.5. The van der Waals surface area contributed by atoms with Crippen LogP contribution in [0.1, 0.15) is 51.2 Å². The molecule has 0 spiro atoms. The maximum absolute atomic E-state index is 11.9. The van der Waals surface area contributed by atoms with Gasteiger partial charge in [0.25, 0.3) is 0 Å². The summed E-state index contributed by atoms with van der Waals surface area (Å²) in [4.78, 5) is 21.0. The quantitative estimate of drug-likeness (QED) is 0.662. The zero-order valence-electron chi connectivity index (χ0n) is 15.8. The van der Waals surface area contributed by atoms with Gasteiger partial charge in [0.15, 0.2) is 0 Å². The molecule has 1 N–H and O–H groups in total. The predicted molar refractivity (Wildman–Crippen MR) is 104 cm³/mol. The van der Waals surface area contributed by atoms with E-state index in [0.717, 1.165) is 54.2 Å². The van der Waals surface area contributed by atoms with Crippen molar-refractivity contribution >= 4 is 22.6 Å². The molecule has 0 saturated heterocycles. The van der Waals surface area contributed by atoms with Gasteiger partial charge in [-0.15, -0.1) is 0 Å². The number of carbonyl (C=O) groups excluding carboxylic acids is 1. The third-order valence-electron chi connectivity index (χ3n) is 4.56. The first-order valence-corrected chi connectivity index (χ1v) is 9.39. The van der Waals surface area contributed by atoms with Crippen molar-refractivity contribution in [2.24, 2.45) is 0 Å². The number of benzene rings is 1. The zero-order valence-corrected chi connectivity index (χ0v) is 15.8. The normalized spacial score (nSPS) is 11.2. The van der Waals surface area contributed by atoms with Gasteiger partial charge in [0.1, 0.15) is 11.6 Å². The Morgan fingerprint density at radius 2 is 2.08 bits per heavy atom. The highest BCUT2D eigenvalue weighted by Crippen LogP contribution is 2.22. The fraction of sp³-hybridized carbons (Fsp3) is 0.450. The Labute approximate surface area is 154 Å². The molecule has 138 valence electrons. The van der Waals surface area contributed by atoms with Crippen LogP contribution in [0, 0.1) is 6.92 Å². The van der Waals surface area contributed by atoms with E-state index in [9.17, 15) is 4.79 Å². The van der Waals surface area contributed by atoms with Gasteiger partial charge in [-0.05, 0) is 38.0 Å². The molecule has 0 atom stereocenters. The summed E-state index contributed by atoms with van der Waals surface area (Å²) < 4.78 is 4.39. The standard InChI is InChI=1S/C20H27N5O/c1-4-6-11-25-18-9-8-16(22-20(26)7-5-2)13-17(18)23-19(25)14-24-12-10-21-15(24)3/h8-10,12-13H,4-7,11,14H2,1-3H3,(H,22,26). The van der Waals surface area contributed by atoms with E-state index < -0.39 is 0 Å². The Balaban J connectivity index is 1.94. The number of unbranched alkanes of at least 4 members (excludes halogenated alkanes) is 1. The molecular weight excluding hydrogens is 326 g/mol. The molecule has 0 aliphatic heterocycles. The molecular formula is C20H27N5O. The second kappa shape index (κ2) is 8.17. The summed E-state index contributed by atoms with van der Waals surface area (Å²) >= 11 is 0. The van der Waals surface area contributed by atoms with Gasteiger partial charge in [-0.2, -0.15) is 0 Å². The first-order valence-electron chi connectivity index (χ1n) is 9.39. The molecule has 6 heteroatoms. The van der Waals surface area contributed by atoms with Gasteiger partial charge in [0.2, 0.25) is 5.91 Å². The predicted octanol–water partition coefficient (Wildman–Crippen LogP) is 4.13. The highest BCUT2D eigenvalue weighted by Gasteiger charge is 2.13. The number of hydrogen-bond acceptors (Lipinski definition) is 3. The van der Waals surface area contributed by atoms with Gasteiger partial charge in [0, 0.05) is 31.0 Å². The van der Waals surface area contributed by atoms with E-state index in [1.54, 1.807) is 0 Å². The summed E-state index contributed by atoms with van der Waals surface area (Å²) in [5, 5.41) is 2.96. The third kappa shape index (κ3) is 3.95. The molecule has 0 radical (unpaired) electrons. The first-order chi connectivity index (χ1) is 12.6. The number of imidazole rings is 2. The van der Waals surface area contributed by atoms with Crippen LogP contribution in [-0.4, -0.2) is 25.0 Å². The minimum absolute atomic E-state index is 0.0477. The summed E-state index contributed by atoms with van der Waals surface area (Å²) in [7, 11) is 0. The summed E-state index contributed by atoms with van der Waals surface area (Å²) in [5.41, 5.74) is 2.84. The third-order valence-corrected chi connectivity index (χ3v) is 4.56. The van der Waals surface area contributed by atoms with E-state index in [4.69, 9.17) is 4.98 Å². The molecule has 1 aromatic carbocycles. The van der Waals surface area contributed by atoms with Gasteiger partial charge in [0.05, 0.1) is 17.6 Å². The van der Waals surface area contributed by atoms with Crippen LogP contribution in [0.25, 0.3) is 11.0 Å². The number of amides is 1. The van der Waals surface area contributed by atoms with Gasteiger partial charge in [-0.25, -0.2) is 9.97 Å². The molecule has 26 heavy (non-hydrogen) atoms. The monoisotopic (exact) mass is 353 g/mol. The van der Waals surface area contributed by atoms with Gasteiger partial charge in [-0.3, -0.25) is 4.79 Å². The number of fused-ring (bicyclic) bond motifs is 1. The number of carbonyl (C=O) groups is 1. The molecule has 6 nitrogen and oxygen atoms in total. The number of anilines is 1. The molecule has 1 amide bonds. The summed E-state index contributed by atoms with van der Waals surface area (Å²) in [6.07, 6.45) is 7.41. The van der Waals surface area contributed by atoms with Crippen molar-refractivity contribution in [3.63, 3.8) is 0 Å². The molecule has 2 aromatic heterocycles. The summed E-state index contributed by atoms with van der Waals surface area (Å²) in [6.45, 7) is 7.84. The van der Waals surface area contributed by atoms with Gasteiger partial charge >= 0.3 is 0 Å². The van der Waals surface area contributed by atoms with Crippen LogP contribution in [0.4, 0.5) is 5.69 Å². The first kappa shape index (κ1) is 18.2. The minimum Gasteiger partial charge on any atom is -0.328 e. The Kier molecular flexibility index (Phi) is 5.71. The lowest BCUT2D eigenvalue weighted by Crippen LogP contribution is -2.10. The Morgan fingerprint density at radius 3 is 2.77 bits per heavy atom. The molecule has 0 bridgehead atoms. The van der Waals surface area contributed by atoms with Gasteiger partial charge in [-0.1, -0.05) is 20.3 Å². The summed E-state index contributed by atoms with van der Waals surface area (Å²) in [5.74, 6) is 2.05. The van der Waals surface area contributed by atoms with Crippen LogP contribution in [-0.2, 0) is 17.9 Å². The average molecular weight is 353 g/mol. The molecule has 3 rings (SSSR count). The van der Waals surface area contributed by atoms with Crippen molar-refractivity contribution in [2.45, 2.75) is 59.5 Å². The topological polar surface area (TPSA) is 64.7 Å². The van der Waals surface area contributed by atoms with Crippen LogP contribution < -0.4 is 5.32 Å². The average Bonchev–Trinajstić information content (AvgIpc) is 3.16. The number of nitrogens with one attached hydrogen (secondary N) is 1. The van der Waals surface area contributed by atoms with Crippen LogP contribution in [0.3, 0.4) is 0 Å². The lowest BCUT2D eigenvalue weighted by molar-refractivity contribution is -0.116. The van der Waals surface area contributed by atoms with Crippen LogP contribution in [0.15, 0.2) is 30.6 Å². The lowest BCUT2D eigenvalue weighted by atomic mass is 10.2. The van der Waals surface area contributed by atoms with Crippen molar-refractivity contribution in [2.75, 3.05) is 5.32 Å². The van der Waals surface area contributed by atoms with Gasteiger partial charge < -0.3 is 14.5 Å². The van der Waals surface area contributed by atoms with Crippen LogP contribution in [0.5, 0.6) is 0 Å². The Bertz CT molecular complexity index is 893. The van der Waals surface area contributed by atoms with Crippen molar-refractivity contribution in [3.05, 3.63) is 42.2 Å². The van der Waals surface area contributed by atoms with E-state index in [1.807, 2.05) is 38.4 Å². The second-order valence-corrected chi connectivity index (χ2v) is 6.64. The van der Waals surface area contributed by atoms with Crippen molar-refractivity contribution < 1.29 is 4.79 Å². The largest absolute Gasteiger partial charge is 0.328 e. The van der Waals surface area contributed by atoms with Crippen molar-refractivity contribution in [1.29, 1.82) is 0 Å². The Hall–Kier alpha value is -2.63. The summed E-state index contributed by atoms with van der Waals surface area (Å²) in [6, 6.07) is 5.99. The smallest absolute Gasteiger partial charge is 0.224 e. The highest BCUT2D eigenvalue weighted by molar-refractivity contribution is 5.93. The van der Waals surface area contributed by atoms with Crippen molar-refractivity contribution in [3.8, 4) is 0 Å². The Morgan fingerprint density at radius 1 is 1.23 bits per heavy atom. The van der Waals surface area contributed by atoms with E-state index in [0.29, 0.717) is 13.0 Å². The van der Waals surface area contributed by atoms with E-state index in [-0.39, 0.29) is 5.91 Å². The fourth-order valence-corrected chi connectivity index (χ4v) is 3.12. The van der Waals surface area contributed by atoms with Crippen LogP contribution in [0.2, 0.25) is 0 Å². The molecule has 0 unspecified atom stereocenters. The number of rotatable bonds is 8.